The van der Waals surface area contributed by atoms with Crippen LogP contribution in [0.5, 0.6) is 5.75 Å². The number of likely N-dealkylation sites (N-methyl/N-ethyl adjacent to an activating group) is 1. The summed E-state index contributed by atoms with van der Waals surface area (Å²) in [6.07, 6.45) is 0.537. The summed E-state index contributed by atoms with van der Waals surface area (Å²) in [6, 6.07) is 6.82. The topological polar surface area (TPSA) is 81.2 Å². The van der Waals surface area contributed by atoms with E-state index < -0.39 is 9.84 Å². The summed E-state index contributed by atoms with van der Waals surface area (Å²) in [5.41, 5.74) is 0.822. The second-order valence-corrected chi connectivity index (χ2v) is 9.60. The molecule has 2 aliphatic rings. The Morgan fingerprint density at radius 3 is 2.48 bits per heavy atom. The molecular formula is C19H29N3O4S. The van der Waals surface area contributed by atoms with E-state index >= 15 is 0 Å². The molecule has 0 unspecified atom stereocenters. The number of nitrogens with zero attached hydrogens (tertiary/aromatic N) is 3. The van der Waals surface area contributed by atoms with E-state index in [-0.39, 0.29) is 35.2 Å². The van der Waals surface area contributed by atoms with Crippen LogP contribution in [-0.4, -0.2) is 85.5 Å². The fourth-order valence-electron chi connectivity index (χ4n) is 4.09. The van der Waals surface area contributed by atoms with Crippen molar-refractivity contribution >= 4 is 21.4 Å². The van der Waals surface area contributed by atoms with Crippen LogP contribution in [0, 0.1) is 0 Å². The third-order valence-corrected chi connectivity index (χ3v) is 7.47. The molecule has 0 saturated carbocycles. The maximum Gasteiger partial charge on any atom is 0.239 e. The molecule has 2 heterocycles. The van der Waals surface area contributed by atoms with E-state index in [4.69, 9.17) is 0 Å². The molecule has 1 aromatic carbocycles. The fourth-order valence-corrected chi connectivity index (χ4v) is 5.82. The van der Waals surface area contributed by atoms with E-state index in [9.17, 15) is 18.3 Å². The van der Waals surface area contributed by atoms with Crippen molar-refractivity contribution in [3.05, 3.63) is 24.3 Å². The average Bonchev–Trinajstić information content (AvgIpc) is 3.01. The number of para-hydroxylation sites is 2. The lowest BCUT2D eigenvalue weighted by atomic mass is 10.1. The molecule has 150 valence electrons. The monoisotopic (exact) mass is 395 g/mol. The van der Waals surface area contributed by atoms with E-state index in [1.54, 1.807) is 17.0 Å². The zero-order valence-corrected chi connectivity index (χ0v) is 16.9. The first-order valence-corrected chi connectivity index (χ1v) is 11.4. The summed E-state index contributed by atoms with van der Waals surface area (Å²) >= 11 is 0. The lowest BCUT2D eigenvalue weighted by molar-refractivity contribution is -0.138. The summed E-state index contributed by atoms with van der Waals surface area (Å²) in [6.45, 7) is 7.26. The number of carbonyl (C=O) groups excluding carboxylic acids is 1. The van der Waals surface area contributed by atoms with Crippen LogP contribution in [0.25, 0.3) is 0 Å². The SMILES string of the molecule is CCN(C(=O)[C@H](C)N1CCN(c2ccccc2O)CC1)[C@@H]1CCS(=O)(=O)C1. The van der Waals surface area contributed by atoms with Crippen LogP contribution in [0.15, 0.2) is 24.3 Å². The smallest absolute Gasteiger partial charge is 0.239 e. The number of phenolic OH excluding ortho intramolecular Hbond substituents is 1. The Labute approximate surface area is 161 Å². The molecule has 3 rings (SSSR count). The van der Waals surface area contributed by atoms with Gasteiger partial charge in [-0.1, -0.05) is 12.1 Å². The first-order chi connectivity index (χ1) is 12.8. The Bertz CT molecular complexity index is 775. The van der Waals surface area contributed by atoms with Crippen molar-refractivity contribution in [1.29, 1.82) is 0 Å². The van der Waals surface area contributed by atoms with E-state index in [1.165, 1.54) is 0 Å². The van der Waals surface area contributed by atoms with Crippen molar-refractivity contribution in [2.24, 2.45) is 0 Å². The van der Waals surface area contributed by atoms with Gasteiger partial charge in [-0.05, 0) is 32.4 Å². The highest BCUT2D eigenvalue weighted by Crippen LogP contribution is 2.27. The number of anilines is 1. The maximum absolute atomic E-state index is 13.0. The van der Waals surface area contributed by atoms with Gasteiger partial charge in [0.2, 0.25) is 5.91 Å². The minimum atomic E-state index is -3.01. The van der Waals surface area contributed by atoms with Gasteiger partial charge >= 0.3 is 0 Å². The molecule has 7 nitrogen and oxygen atoms in total. The van der Waals surface area contributed by atoms with Crippen LogP contribution in [0.1, 0.15) is 20.3 Å². The normalized spacial score (nSPS) is 23.9. The van der Waals surface area contributed by atoms with Gasteiger partial charge in [-0.2, -0.15) is 0 Å². The molecule has 1 amide bonds. The zero-order chi connectivity index (χ0) is 19.6. The van der Waals surface area contributed by atoms with Gasteiger partial charge in [0.25, 0.3) is 0 Å². The molecular weight excluding hydrogens is 366 g/mol. The first kappa shape index (κ1) is 19.9. The molecule has 27 heavy (non-hydrogen) atoms. The summed E-state index contributed by atoms with van der Waals surface area (Å²) in [4.78, 5) is 19.0. The Kier molecular flexibility index (Phi) is 5.95. The number of amides is 1. The molecule has 2 saturated heterocycles. The molecule has 1 N–H and O–H groups in total. The second kappa shape index (κ2) is 8.06. The van der Waals surface area contributed by atoms with Gasteiger partial charge in [0.05, 0.1) is 23.2 Å². The van der Waals surface area contributed by atoms with Crippen LogP contribution in [0.4, 0.5) is 5.69 Å². The van der Waals surface area contributed by atoms with Crippen molar-refractivity contribution < 1.29 is 18.3 Å². The number of carbonyl (C=O) groups is 1. The van der Waals surface area contributed by atoms with Gasteiger partial charge in [-0.15, -0.1) is 0 Å². The number of aromatic hydroxyl groups is 1. The zero-order valence-electron chi connectivity index (χ0n) is 16.0. The Morgan fingerprint density at radius 1 is 1.26 bits per heavy atom. The number of benzene rings is 1. The second-order valence-electron chi connectivity index (χ2n) is 7.37. The summed E-state index contributed by atoms with van der Waals surface area (Å²) in [7, 11) is -3.01. The van der Waals surface area contributed by atoms with Gasteiger partial charge < -0.3 is 14.9 Å². The van der Waals surface area contributed by atoms with Crippen LogP contribution in [-0.2, 0) is 14.6 Å². The first-order valence-electron chi connectivity index (χ1n) is 9.60. The number of rotatable bonds is 5. The highest BCUT2D eigenvalue weighted by atomic mass is 32.2. The van der Waals surface area contributed by atoms with Crippen LogP contribution >= 0.6 is 0 Å². The summed E-state index contributed by atoms with van der Waals surface area (Å²) in [5.74, 6) is 0.542. The molecule has 0 aromatic heterocycles. The number of sulfone groups is 1. The van der Waals surface area contributed by atoms with E-state index in [2.05, 4.69) is 9.80 Å². The van der Waals surface area contributed by atoms with Gasteiger partial charge in [0.1, 0.15) is 5.75 Å². The van der Waals surface area contributed by atoms with Crippen molar-refractivity contribution in [2.45, 2.75) is 32.4 Å². The van der Waals surface area contributed by atoms with E-state index in [1.807, 2.05) is 26.0 Å². The minimum Gasteiger partial charge on any atom is -0.506 e. The van der Waals surface area contributed by atoms with Gasteiger partial charge in [-0.3, -0.25) is 9.69 Å². The van der Waals surface area contributed by atoms with Gasteiger partial charge in [0.15, 0.2) is 9.84 Å². The molecule has 0 aliphatic carbocycles. The summed E-state index contributed by atoms with van der Waals surface area (Å²) < 4.78 is 23.6. The summed E-state index contributed by atoms with van der Waals surface area (Å²) in [5, 5.41) is 10.0. The predicted octanol–water partition coefficient (Wildman–Crippen LogP) is 0.938. The molecule has 2 atom stereocenters. The Hall–Kier alpha value is -1.80. The van der Waals surface area contributed by atoms with Crippen LogP contribution < -0.4 is 4.90 Å². The number of hydrogen-bond acceptors (Lipinski definition) is 6. The van der Waals surface area contributed by atoms with E-state index in [0.717, 1.165) is 31.9 Å². The van der Waals surface area contributed by atoms with Crippen molar-refractivity contribution in [3.8, 4) is 5.75 Å². The molecule has 0 radical (unpaired) electrons. The average molecular weight is 396 g/mol. The van der Waals surface area contributed by atoms with Crippen molar-refractivity contribution in [1.82, 2.24) is 9.80 Å². The van der Waals surface area contributed by atoms with Crippen LogP contribution in [0.3, 0.4) is 0 Å². The highest BCUT2D eigenvalue weighted by Gasteiger charge is 2.37. The molecule has 2 aliphatic heterocycles. The number of piperazine rings is 1. The molecule has 2 fully saturated rings. The van der Waals surface area contributed by atoms with E-state index in [0.29, 0.717) is 13.0 Å². The van der Waals surface area contributed by atoms with Crippen LogP contribution in [0.2, 0.25) is 0 Å². The standard InChI is InChI=1S/C19H29N3O4S/c1-3-22(16-8-13-27(25,26)14-16)19(24)15(2)20-9-11-21(12-10-20)17-6-4-5-7-18(17)23/h4-7,15-16,23H,3,8-14H2,1-2H3/t15-,16+/m0/s1. The third kappa shape index (κ3) is 4.38. The Morgan fingerprint density at radius 2 is 1.93 bits per heavy atom. The van der Waals surface area contributed by atoms with Gasteiger partial charge in [-0.25, -0.2) is 8.42 Å². The van der Waals surface area contributed by atoms with Crippen molar-refractivity contribution in [2.75, 3.05) is 49.1 Å². The van der Waals surface area contributed by atoms with Gasteiger partial charge in [0, 0.05) is 38.8 Å². The number of hydrogen-bond donors (Lipinski definition) is 1. The van der Waals surface area contributed by atoms with Crippen molar-refractivity contribution in [3.63, 3.8) is 0 Å². The molecule has 0 spiro atoms. The predicted molar refractivity (Wildman–Crippen MR) is 106 cm³/mol. The number of phenols is 1. The Balaban J connectivity index is 1.60. The fraction of sp³-hybridized carbons (Fsp3) is 0.632. The molecule has 1 aromatic rings. The minimum absolute atomic E-state index is 0.00982. The molecule has 0 bridgehead atoms. The molecule has 8 heteroatoms. The highest BCUT2D eigenvalue weighted by molar-refractivity contribution is 7.91. The largest absolute Gasteiger partial charge is 0.506 e. The lowest BCUT2D eigenvalue weighted by Gasteiger charge is -2.40. The third-order valence-electron chi connectivity index (χ3n) is 5.71. The maximum atomic E-state index is 13.0. The quantitative estimate of drug-likeness (QED) is 0.799. The lowest BCUT2D eigenvalue weighted by Crippen LogP contribution is -2.56.